The molecule has 2 saturated heterocycles. The number of rotatable bonds is 5. The van der Waals surface area contributed by atoms with Gasteiger partial charge in [0, 0.05) is 28.7 Å². The Morgan fingerprint density at radius 2 is 2.00 bits per heavy atom. The van der Waals surface area contributed by atoms with E-state index in [1.807, 2.05) is 6.07 Å². The number of nitrogens with one attached hydrogen (secondary N) is 1. The van der Waals surface area contributed by atoms with Crippen molar-refractivity contribution in [3.05, 3.63) is 22.7 Å². The second-order valence-corrected chi connectivity index (χ2v) is 7.09. The number of halogens is 1. The summed E-state index contributed by atoms with van der Waals surface area (Å²) in [6, 6.07) is 8.33. The molecule has 2 bridgehead atoms. The minimum atomic E-state index is 0.668. The van der Waals surface area contributed by atoms with Crippen molar-refractivity contribution in [1.29, 1.82) is 0 Å². The molecule has 1 N–H and O–H groups in total. The van der Waals surface area contributed by atoms with Gasteiger partial charge in [0.2, 0.25) is 0 Å². The maximum Gasteiger partial charge on any atom is 0.121 e. The number of benzene rings is 1. The molecule has 2 atom stereocenters. The van der Waals surface area contributed by atoms with Gasteiger partial charge < -0.3 is 15.0 Å². The van der Waals surface area contributed by atoms with Crippen LogP contribution in [0.25, 0.3) is 0 Å². The summed E-state index contributed by atoms with van der Waals surface area (Å²) < 4.78 is 6.59. The van der Waals surface area contributed by atoms with E-state index in [1.54, 1.807) is 7.11 Å². The predicted molar refractivity (Wildman–Crippen MR) is 91.3 cm³/mol. The molecule has 116 valence electrons. The largest absolute Gasteiger partial charge is 0.497 e. The van der Waals surface area contributed by atoms with Crippen LogP contribution in [0.3, 0.4) is 0 Å². The highest BCUT2D eigenvalue weighted by Crippen LogP contribution is 2.43. The Bertz CT molecular complexity index is 480. The monoisotopic (exact) mass is 352 g/mol. The fraction of sp³-hybridized carbons (Fsp3) is 0.647. The second-order valence-electron chi connectivity index (χ2n) is 6.23. The van der Waals surface area contributed by atoms with E-state index < -0.39 is 0 Å². The van der Waals surface area contributed by atoms with Gasteiger partial charge in [-0.05, 0) is 66.7 Å². The van der Waals surface area contributed by atoms with Crippen molar-refractivity contribution in [3.8, 4) is 5.75 Å². The minimum Gasteiger partial charge on any atom is -0.497 e. The van der Waals surface area contributed by atoms with Crippen LogP contribution in [0.15, 0.2) is 22.7 Å². The molecule has 3 rings (SSSR count). The number of fused-ring (bicyclic) bond motifs is 2. The van der Waals surface area contributed by atoms with Crippen molar-refractivity contribution in [2.45, 2.75) is 57.2 Å². The van der Waals surface area contributed by atoms with Gasteiger partial charge in [-0.15, -0.1) is 0 Å². The molecule has 2 unspecified atom stereocenters. The number of methoxy groups -OCH3 is 1. The summed E-state index contributed by atoms with van der Waals surface area (Å²) in [5, 5.41) is 3.72. The minimum absolute atomic E-state index is 0.668. The van der Waals surface area contributed by atoms with Crippen molar-refractivity contribution in [3.63, 3.8) is 0 Å². The van der Waals surface area contributed by atoms with Gasteiger partial charge in [-0.3, -0.25) is 0 Å². The first-order chi connectivity index (χ1) is 10.2. The van der Waals surface area contributed by atoms with E-state index in [2.05, 4.69) is 45.2 Å². The molecule has 0 spiro atoms. The molecule has 1 aromatic carbocycles. The zero-order valence-corrected chi connectivity index (χ0v) is 14.5. The van der Waals surface area contributed by atoms with Crippen molar-refractivity contribution < 1.29 is 4.74 Å². The number of hydrogen-bond acceptors (Lipinski definition) is 3. The Kier molecular flexibility index (Phi) is 4.75. The predicted octanol–water partition coefficient (Wildman–Crippen LogP) is 3.96. The first-order valence-electron chi connectivity index (χ1n) is 8.08. The number of hydrogen-bond donors (Lipinski definition) is 1. The lowest BCUT2D eigenvalue weighted by atomic mass is 9.96. The Morgan fingerprint density at radius 3 is 2.62 bits per heavy atom. The van der Waals surface area contributed by atoms with Crippen LogP contribution in [0, 0.1) is 0 Å². The fourth-order valence-corrected chi connectivity index (χ4v) is 4.35. The maximum atomic E-state index is 5.41. The lowest BCUT2D eigenvalue weighted by Crippen LogP contribution is -2.49. The third-order valence-electron chi connectivity index (χ3n) is 4.85. The molecule has 0 amide bonds. The Labute approximate surface area is 136 Å². The van der Waals surface area contributed by atoms with Gasteiger partial charge in [0.05, 0.1) is 12.8 Å². The number of anilines is 1. The summed E-state index contributed by atoms with van der Waals surface area (Å²) in [5.41, 5.74) is 1.30. The number of nitrogens with zero attached hydrogens (tertiary/aromatic N) is 1. The third kappa shape index (κ3) is 3.07. The third-order valence-corrected chi connectivity index (χ3v) is 5.52. The van der Waals surface area contributed by atoms with Gasteiger partial charge in [0.15, 0.2) is 0 Å². The SMILES string of the molecule is CCCNC1CC2CCC(C1)N2c1cc(OC)ccc1Br. The van der Waals surface area contributed by atoms with E-state index in [1.165, 1.54) is 42.3 Å². The van der Waals surface area contributed by atoms with Crippen LogP contribution >= 0.6 is 15.9 Å². The van der Waals surface area contributed by atoms with E-state index in [4.69, 9.17) is 4.74 Å². The maximum absolute atomic E-state index is 5.41. The first kappa shape index (κ1) is 15.2. The Balaban J connectivity index is 1.79. The highest BCUT2D eigenvalue weighted by atomic mass is 79.9. The van der Waals surface area contributed by atoms with Crippen LogP contribution in [-0.4, -0.2) is 31.8 Å². The first-order valence-corrected chi connectivity index (χ1v) is 8.87. The molecule has 1 aromatic rings. The van der Waals surface area contributed by atoms with Gasteiger partial charge >= 0.3 is 0 Å². The van der Waals surface area contributed by atoms with Gasteiger partial charge in [-0.25, -0.2) is 0 Å². The average molecular weight is 353 g/mol. The normalized spacial score (nSPS) is 28.0. The van der Waals surface area contributed by atoms with Crippen LogP contribution in [-0.2, 0) is 0 Å². The molecule has 0 aromatic heterocycles. The standard InChI is InChI=1S/C17H25BrN2O/c1-3-8-19-12-9-13-4-5-14(10-12)20(13)17-11-15(21-2)6-7-16(17)18/h6-7,11-14,19H,3-5,8-10H2,1-2H3. The van der Waals surface area contributed by atoms with Crippen LogP contribution in [0.2, 0.25) is 0 Å². The molecule has 0 radical (unpaired) electrons. The summed E-state index contributed by atoms with van der Waals surface area (Å²) in [4.78, 5) is 2.64. The van der Waals surface area contributed by atoms with Crippen molar-refractivity contribution in [2.75, 3.05) is 18.6 Å². The number of ether oxygens (including phenoxy) is 1. The van der Waals surface area contributed by atoms with Crippen molar-refractivity contribution in [2.24, 2.45) is 0 Å². The highest BCUT2D eigenvalue weighted by Gasteiger charge is 2.41. The van der Waals surface area contributed by atoms with Gasteiger partial charge in [0.1, 0.15) is 5.75 Å². The van der Waals surface area contributed by atoms with Crippen LogP contribution in [0.5, 0.6) is 5.75 Å². The van der Waals surface area contributed by atoms with E-state index >= 15 is 0 Å². The number of piperidine rings is 1. The summed E-state index contributed by atoms with van der Waals surface area (Å²) in [5.74, 6) is 0.943. The lowest BCUT2D eigenvalue weighted by Gasteiger charge is -2.41. The van der Waals surface area contributed by atoms with E-state index in [0.29, 0.717) is 18.1 Å². The molecular formula is C17H25BrN2O. The van der Waals surface area contributed by atoms with Crippen molar-refractivity contribution >= 4 is 21.6 Å². The molecule has 2 heterocycles. The molecule has 2 aliphatic heterocycles. The van der Waals surface area contributed by atoms with Crippen LogP contribution < -0.4 is 15.0 Å². The molecule has 0 aliphatic carbocycles. The van der Waals surface area contributed by atoms with Crippen molar-refractivity contribution in [1.82, 2.24) is 5.32 Å². The summed E-state index contributed by atoms with van der Waals surface area (Å²) in [6.07, 6.45) is 6.38. The topological polar surface area (TPSA) is 24.5 Å². The average Bonchev–Trinajstić information content (AvgIpc) is 2.76. The summed E-state index contributed by atoms with van der Waals surface area (Å²) in [7, 11) is 1.74. The van der Waals surface area contributed by atoms with E-state index in [9.17, 15) is 0 Å². The quantitative estimate of drug-likeness (QED) is 0.867. The fourth-order valence-electron chi connectivity index (χ4n) is 3.90. The van der Waals surface area contributed by atoms with Gasteiger partial charge in [-0.2, -0.15) is 0 Å². The molecule has 2 fully saturated rings. The Hall–Kier alpha value is -0.740. The molecular weight excluding hydrogens is 328 g/mol. The molecule has 4 heteroatoms. The molecule has 3 nitrogen and oxygen atoms in total. The lowest BCUT2D eigenvalue weighted by molar-refractivity contribution is 0.356. The van der Waals surface area contributed by atoms with E-state index in [-0.39, 0.29) is 0 Å². The Morgan fingerprint density at radius 1 is 1.29 bits per heavy atom. The highest BCUT2D eigenvalue weighted by molar-refractivity contribution is 9.10. The second kappa shape index (κ2) is 6.57. The van der Waals surface area contributed by atoms with Crippen LogP contribution in [0.4, 0.5) is 5.69 Å². The van der Waals surface area contributed by atoms with Gasteiger partial charge in [-0.1, -0.05) is 6.92 Å². The molecule has 0 saturated carbocycles. The molecule has 21 heavy (non-hydrogen) atoms. The smallest absolute Gasteiger partial charge is 0.121 e. The van der Waals surface area contributed by atoms with Crippen LogP contribution in [0.1, 0.15) is 39.0 Å². The summed E-state index contributed by atoms with van der Waals surface area (Å²) >= 11 is 3.72. The summed E-state index contributed by atoms with van der Waals surface area (Å²) in [6.45, 7) is 3.39. The zero-order chi connectivity index (χ0) is 14.8. The van der Waals surface area contributed by atoms with Gasteiger partial charge in [0.25, 0.3) is 0 Å². The van der Waals surface area contributed by atoms with E-state index in [0.717, 1.165) is 12.3 Å². The zero-order valence-electron chi connectivity index (χ0n) is 12.9. The molecule has 2 aliphatic rings.